The Balaban J connectivity index is 1.98. The van der Waals surface area contributed by atoms with Crippen LogP contribution in [0.1, 0.15) is 21.9 Å². The number of nitrogens with zero attached hydrogens (tertiary/aromatic N) is 2. The Kier molecular flexibility index (Phi) is 4.03. The van der Waals surface area contributed by atoms with E-state index in [-0.39, 0.29) is 5.91 Å². The van der Waals surface area contributed by atoms with Crippen LogP contribution in [0.3, 0.4) is 0 Å². The summed E-state index contributed by atoms with van der Waals surface area (Å²) in [6.07, 6.45) is 0. The normalized spacial score (nSPS) is 16.0. The second kappa shape index (κ2) is 5.97. The van der Waals surface area contributed by atoms with E-state index in [0.29, 0.717) is 11.3 Å². The Morgan fingerprint density at radius 2 is 1.64 bits per heavy atom. The van der Waals surface area contributed by atoms with Crippen molar-refractivity contribution in [2.45, 2.75) is 13.8 Å². The second-order valence-electron chi connectivity index (χ2n) is 5.93. The number of furan rings is 1. The van der Waals surface area contributed by atoms with Gasteiger partial charge in [0.1, 0.15) is 11.5 Å². The zero-order valence-corrected chi connectivity index (χ0v) is 13.4. The van der Waals surface area contributed by atoms with Crippen molar-refractivity contribution >= 4 is 5.91 Å². The van der Waals surface area contributed by atoms with Crippen LogP contribution >= 0.6 is 0 Å². The molecule has 0 radical (unpaired) electrons. The fourth-order valence-electron chi connectivity index (χ4n) is 3.06. The van der Waals surface area contributed by atoms with E-state index >= 15 is 0 Å². The van der Waals surface area contributed by atoms with E-state index in [1.807, 2.05) is 49.1 Å². The smallest absolute Gasteiger partial charge is 0.258 e. The average Bonchev–Trinajstić information content (AvgIpc) is 2.82. The number of aryl methyl sites for hydroxylation is 2. The number of carbonyl (C=O) groups excluding carboxylic acids is 1. The summed E-state index contributed by atoms with van der Waals surface area (Å²) >= 11 is 0. The molecular weight excluding hydrogens is 276 g/mol. The van der Waals surface area contributed by atoms with Crippen LogP contribution in [0, 0.1) is 13.8 Å². The highest BCUT2D eigenvalue weighted by atomic mass is 16.3. The summed E-state index contributed by atoms with van der Waals surface area (Å²) in [5.74, 6) is 1.60. The second-order valence-corrected chi connectivity index (χ2v) is 5.93. The molecule has 0 unspecified atom stereocenters. The Morgan fingerprint density at radius 1 is 1.00 bits per heavy atom. The number of piperazine rings is 1. The molecule has 1 fully saturated rings. The number of benzene rings is 1. The van der Waals surface area contributed by atoms with Crippen molar-refractivity contribution in [1.29, 1.82) is 0 Å². The summed E-state index contributed by atoms with van der Waals surface area (Å²) < 4.78 is 5.78. The van der Waals surface area contributed by atoms with Crippen molar-refractivity contribution < 1.29 is 9.21 Å². The van der Waals surface area contributed by atoms with Crippen molar-refractivity contribution in [3.63, 3.8) is 0 Å². The number of likely N-dealkylation sites (N-methyl/N-ethyl adjacent to an activating group) is 1. The highest BCUT2D eigenvalue weighted by molar-refractivity contribution is 6.02. The summed E-state index contributed by atoms with van der Waals surface area (Å²) in [6, 6.07) is 10.0. The molecule has 22 heavy (non-hydrogen) atoms. The van der Waals surface area contributed by atoms with E-state index < -0.39 is 0 Å². The van der Waals surface area contributed by atoms with Gasteiger partial charge in [0.05, 0.1) is 5.56 Å². The quantitative estimate of drug-likeness (QED) is 0.855. The minimum atomic E-state index is 0.0845. The molecule has 0 N–H and O–H groups in total. The summed E-state index contributed by atoms with van der Waals surface area (Å²) in [5.41, 5.74) is 2.68. The van der Waals surface area contributed by atoms with Crippen LogP contribution in [0.25, 0.3) is 11.1 Å². The first kappa shape index (κ1) is 14.9. The SMILES string of the molecule is Cc1oc(C)c(-c2ccccc2)c1C(=O)N1CCN(C)CC1. The maximum atomic E-state index is 13.0. The summed E-state index contributed by atoms with van der Waals surface area (Å²) in [7, 11) is 2.09. The first-order valence-electron chi connectivity index (χ1n) is 7.71. The van der Waals surface area contributed by atoms with Gasteiger partial charge in [-0.2, -0.15) is 0 Å². The lowest BCUT2D eigenvalue weighted by Crippen LogP contribution is -2.47. The van der Waals surface area contributed by atoms with Gasteiger partial charge in [0.2, 0.25) is 0 Å². The van der Waals surface area contributed by atoms with Gasteiger partial charge in [-0.25, -0.2) is 0 Å². The number of hydrogen-bond acceptors (Lipinski definition) is 3. The molecule has 1 aliphatic heterocycles. The van der Waals surface area contributed by atoms with E-state index in [2.05, 4.69) is 11.9 Å². The van der Waals surface area contributed by atoms with Gasteiger partial charge >= 0.3 is 0 Å². The largest absolute Gasteiger partial charge is 0.465 e. The van der Waals surface area contributed by atoms with Gasteiger partial charge in [0, 0.05) is 31.7 Å². The van der Waals surface area contributed by atoms with Crippen molar-refractivity contribution in [3.8, 4) is 11.1 Å². The molecule has 1 aromatic carbocycles. The van der Waals surface area contributed by atoms with Gasteiger partial charge in [-0.3, -0.25) is 4.79 Å². The molecule has 3 rings (SSSR count). The van der Waals surface area contributed by atoms with Gasteiger partial charge in [-0.05, 0) is 26.5 Å². The number of hydrogen-bond donors (Lipinski definition) is 0. The minimum Gasteiger partial charge on any atom is -0.465 e. The highest BCUT2D eigenvalue weighted by Crippen LogP contribution is 2.33. The van der Waals surface area contributed by atoms with E-state index in [0.717, 1.165) is 43.1 Å². The number of rotatable bonds is 2. The third kappa shape index (κ3) is 2.66. The maximum absolute atomic E-state index is 13.0. The topological polar surface area (TPSA) is 36.7 Å². The molecule has 0 aliphatic carbocycles. The molecule has 1 saturated heterocycles. The molecule has 116 valence electrons. The third-order valence-electron chi connectivity index (χ3n) is 4.33. The average molecular weight is 298 g/mol. The molecule has 0 bridgehead atoms. The van der Waals surface area contributed by atoms with Crippen LogP contribution in [0.5, 0.6) is 0 Å². The molecule has 2 heterocycles. The Bertz CT molecular complexity index is 668. The highest BCUT2D eigenvalue weighted by Gasteiger charge is 2.28. The minimum absolute atomic E-state index is 0.0845. The molecule has 1 amide bonds. The number of carbonyl (C=O) groups is 1. The molecule has 4 nitrogen and oxygen atoms in total. The fraction of sp³-hybridized carbons (Fsp3) is 0.389. The molecule has 0 saturated carbocycles. The van der Waals surface area contributed by atoms with Crippen LogP contribution in [0.4, 0.5) is 0 Å². The maximum Gasteiger partial charge on any atom is 0.258 e. The van der Waals surface area contributed by atoms with Crippen LogP contribution in [0.2, 0.25) is 0 Å². The zero-order chi connectivity index (χ0) is 15.7. The molecule has 2 aromatic rings. The van der Waals surface area contributed by atoms with Crippen LogP contribution < -0.4 is 0 Å². The first-order chi connectivity index (χ1) is 10.6. The summed E-state index contributed by atoms with van der Waals surface area (Å²) in [5, 5.41) is 0. The monoisotopic (exact) mass is 298 g/mol. The van der Waals surface area contributed by atoms with Crippen molar-refractivity contribution in [2.75, 3.05) is 33.2 Å². The Hall–Kier alpha value is -2.07. The van der Waals surface area contributed by atoms with E-state index in [1.54, 1.807) is 0 Å². The van der Waals surface area contributed by atoms with Crippen LogP contribution in [-0.4, -0.2) is 48.9 Å². The van der Waals surface area contributed by atoms with Crippen molar-refractivity contribution in [1.82, 2.24) is 9.80 Å². The molecule has 4 heteroatoms. The van der Waals surface area contributed by atoms with Crippen LogP contribution in [0.15, 0.2) is 34.7 Å². The molecule has 1 aromatic heterocycles. The molecule has 0 atom stereocenters. The number of amides is 1. The standard InChI is InChI=1S/C18H22N2O2/c1-13-16(15-7-5-4-6-8-15)17(14(2)22-13)18(21)20-11-9-19(3)10-12-20/h4-8H,9-12H2,1-3H3. The predicted molar refractivity (Wildman–Crippen MR) is 87.0 cm³/mol. The lowest BCUT2D eigenvalue weighted by molar-refractivity contribution is 0.0663. The third-order valence-corrected chi connectivity index (χ3v) is 4.33. The van der Waals surface area contributed by atoms with Crippen molar-refractivity contribution in [2.24, 2.45) is 0 Å². The van der Waals surface area contributed by atoms with E-state index in [1.165, 1.54) is 0 Å². The van der Waals surface area contributed by atoms with Crippen LogP contribution in [-0.2, 0) is 0 Å². The lowest BCUT2D eigenvalue weighted by atomic mass is 9.99. The van der Waals surface area contributed by atoms with E-state index in [4.69, 9.17) is 4.42 Å². The van der Waals surface area contributed by atoms with Gasteiger partial charge in [-0.1, -0.05) is 30.3 Å². The molecular formula is C18H22N2O2. The first-order valence-corrected chi connectivity index (χ1v) is 7.71. The fourth-order valence-corrected chi connectivity index (χ4v) is 3.06. The van der Waals surface area contributed by atoms with Gasteiger partial charge in [0.25, 0.3) is 5.91 Å². The zero-order valence-electron chi connectivity index (χ0n) is 13.4. The van der Waals surface area contributed by atoms with Gasteiger partial charge in [-0.15, -0.1) is 0 Å². The Labute approximate surface area is 131 Å². The lowest BCUT2D eigenvalue weighted by Gasteiger charge is -2.32. The molecule has 0 spiro atoms. The van der Waals surface area contributed by atoms with E-state index in [9.17, 15) is 4.79 Å². The summed E-state index contributed by atoms with van der Waals surface area (Å²) in [4.78, 5) is 17.2. The van der Waals surface area contributed by atoms with Gasteiger partial charge < -0.3 is 14.2 Å². The predicted octanol–water partition coefficient (Wildman–Crippen LogP) is 2.95. The Morgan fingerprint density at radius 3 is 2.27 bits per heavy atom. The van der Waals surface area contributed by atoms with Crippen molar-refractivity contribution in [3.05, 3.63) is 47.4 Å². The summed E-state index contributed by atoms with van der Waals surface area (Å²) in [6.45, 7) is 7.18. The molecule has 1 aliphatic rings. The van der Waals surface area contributed by atoms with Gasteiger partial charge in [0.15, 0.2) is 0 Å².